The lowest BCUT2D eigenvalue weighted by Crippen LogP contribution is -2.50. The predicted octanol–water partition coefficient (Wildman–Crippen LogP) is 6.04. The SMILES string of the molecule is Cc1sc(C(=O)c2cncnc2NCC(C)[C@H](NC(=O)OC(C)(C)C)C(=O)OC2CCCC2CO)cc1[C@@H]1OCCc2ccc(Cl)cc21. The number of benzene rings is 1. The molecule has 1 aliphatic carbocycles. The molecule has 0 radical (unpaired) electrons. The van der Waals surface area contributed by atoms with Gasteiger partial charge in [-0.1, -0.05) is 24.6 Å². The normalized spacial score (nSPS) is 20.4. The standard InChI is InChI=1S/C35H43ClN4O7S/c1-19(29(40-34(44)47-35(3,4)5)33(43)46-27-8-6-7-22(27)17-41)15-38-32-26(16-37-18-39-32)30(42)28-14-24(20(2)48-28)31-25-13-23(36)10-9-21(25)11-12-45-31/h9-10,13-14,16,18-19,22,27,29,31,41H,6-8,11-12,15,17H2,1-5H3,(H,40,44)(H,37,38,39)/t19?,22?,27?,29-,31-/m0/s1. The van der Waals surface area contributed by atoms with Crippen LogP contribution in [0.1, 0.15) is 89.9 Å². The molecule has 3 heterocycles. The second-order valence-electron chi connectivity index (χ2n) is 13.4. The average Bonchev–Trinajstić information content (AvgIpc) is 3.66. The molecule has 0 spiro atoms. The number of carbonyl (C=O) groups excluding carboxylic acids is 3. The number of thiophene rings is 1. The number of fused-ring (bicyclic) bond motifs is 1. The molecule has 1 amide bonds. The first-order chi connectivity index (χ1) is 22.8. The van der Waals surface area contributed by atoms with Gasteiger partial charge in [-0.05, 0) is 88.3 Å². The molecule has 48 heavy (non-hydrogen) atoms. The molecule has 2 aliphatic rings. The van der Waals surface area contributed by atoms with Crippen molar-refractivity contribution in [1.82, 2.24) is 15.3 Å². The number of esters is 1. The maximum absolute atomic E-state index is 13.9. The minimum atomic E-state index is -1.07. The van der Waals surface area contributed by atoms with Crippen LogP contribution in [0.4, 0.5) is 10.6 Å². The second-order valence-corrected chi connectivity index (χ2v) is 15.1. The van der Waals surface area contributed by atoms with E-state index in [2.05, 4.69) is 20.6 Å². The fraction of sp³-hybridized carbons (Fsp3) is 0.514. The van der Waals surface area contributed by atoms with Crippen LogP contribution in [-0.4, -0.2) is 70.4 Å². The molecular formula is C35H43ClN4O7S. The number of carbonyl (C=O) groups is 3. The summed E-state index contributed by atoms with van der Waals surface area (Å²) in [7, 11) is 0. The number of nitrogens with zero attached hydrogens (tertiary/aromatic N) is 2. The smallest absolute Gasteiger partial charge is 0.408 e. The first kappa shape index (κ1) is 35.7. The molecular weight excluding hydrogens is 656 g/mol. The van der Waals surface area contributed by atoms with Crippen LogP contribution in [0.15, 0.2) is 36.8 Å². The van der Waals surface area contributed by atoms with Crippen LogP contribution in [-0.2, 0) is 25.4 Å². The number of aliphatic hydroxyl groups is 1. The highest BCUT2D eigenvalue weighted by Gasteiger charge is 2.36. The van der Waals surface area contributed by atoms with Crippen LogP contribution in [0.5, 0.6) is 0 Å². The number of rotatable bonds is 11. The molecule has 3 N–H and O–H groups in total. The lowest BCUT2D eigenvalue weighted by atomic mass is 9.93. The number of ketones is 1. The Labute approximate surface area is 289 Å². The average molecular weight is 699 g/mol. The third kappa shape index (κ3) is 8.52. The monoisotopic (exact) mass is 698 g/mol. The highest BCUT2D eigenvalue weighted by Crippen LogP contribution is 2.39. The molecule has 1 saturated carbocycles. The summed E-state index contributed by atoms with van der Waals surface area (Å²) in [5.74, 6) is -1.23. The third-order valence-corrected chi connectivity index (χ3v) is 9.94. The number of hydrogen-bond donors (Lipinski definition) is 3. The van der Waals surface area contributed by atoms with Crippen LogP contribution in [0.25, 0.3) is 0 Å². The molecule has 3 unspecified atom stereocenters. The fourth-order valence-electron chi connectivity index (χ4n) is 6.14. The van der Waals surface area contributed by atoms with E-state index in [0.29, 0.717) is 28.7 Å². The zero-order valence-electron chi connectivity index (χ0n) is 27.9. The van der Waals surface area contributed by atoms with Crippen LogP contribution in [0.3, 0.4) is 0 Å². The van der Waals surface area contributed by atoms with Gasteiger partial charge in [0.1, 0.15) is 36.0 Å². The molecule has 5 atom stereocenters. The highest BCUT2D eigenvalue weighted by molar-refractivity contribution is 7.14. The van der Waals surface area contributed by atoms with Crippen LogP contribution in [0, 0.1) is 18.8 Å². The lowest BCUT2D eigenvalue weighted by molar-refractivity contribution is -0.155. The number of aromatic nitrogens is 2. The Morgan fingerprint density at radius 2 is 1.98 bits per heavy atom. The molecule has 5 rings (SSSR count). The van der Waals surface area contributed by atoms with Gasteiger partial charge in [-0.25, -0.2) is 19.6 Å². The molecule has 258 valence electrons. The van der Waals surface area contributed by atoms with E-state index < -0.39 is 35.7 Å². The molecule has 0 bridgehead atoms. The molecule has 1 aliphatic heterocycles. The summed E-state index contributed by atoms with van der Waals surface area (Å²) < 4.78 is 17.4. The number of hydrogen-bond acceptors (Lipinski definition) is 11. The fourth-order valence-corrected chi connectivity index (χ4v) is 7.32. The topological polar surface area (TPSA) is 149 Å². The van der Waals surface area contributed by atoms with Crippen LogP contribution >= 0.6 is 22.9 Å². The van der Waals surface area contributed by atoms with Crippen molar-refractivity contribution in [2.45, 2.75) is 84.2 Å². The van der Waals surface area contributed by atoms with Crippen molar-refractivity contribution in [3.63, 3.8) is 0 Å². The number of alkyl carbamates (subject to hydrolysis) is 1. The number of ether oxygens (including phenoxy) is 3. The summed E-state index contributed by atoms with van der Waals surface area (Å²) in [6.07, 6.45) is 4.33. The van der Waals surface area contributed by atoms with Gasteiger partial charge in [-0.3, -0.25) is 4.79 Å². The quantitative estimate of drug-likeness (QED) is 0.160. The summed E-state index contributed by atoms with van der Waals surface area (Å²) >= 11 is 7.69. The summed E-state index contributed by atoms with van der Waals surface area (Å²) in [6, 6.07) is 6.62. The summed E-state index contributed by atoms with van der Waals surface area (Å²) in [5.41, 5.74) is 2.57. The Morgan fingerprint density at radius 1 is 1.19 bits per heavy atom. The van der Waals surface area contributed by atoms with E-state index in [1.807, 2.05) is 31.2 Å². The maximum atomic E-state index is 13.9. The minimum Gasteiger partial charge on any atom is -0.460 e. The van der Waals surface area contributed by atoms with Crippen LogP contribution in [0.2, 0.25) is 5.02 Å². The maximum Gasteiger partial charge on any atom is 0.408 e. The first-order valence-corrected chi connectivity index (χ1v) is 17.4. The Balaban J connectivity index is 1.32. The largest absolute Gasteiger partial charge is 0.460 e. The van der Waals surface area contributed by atoms with E-state index in [1.54, 1.807) is 27.7 Å². The second kappa shape index (κ2) is 15.3. The lowest BCUT2D eigenvalue weighted by Gasteiger charge is -2.28. The van der Waals surface area contributed by atoms with Gasteiger partial charge < -0.3 is 30.0 Å². The van der Waals surface area contributed by atoms with Crippen molar-refractivity contribution in [2.75, 3.05) is 25.1 Å². The predicted molar refractivity (Wildman–Crippen MR) is 183 cm³/mol. The third-order valence-electron chi connectivity index (χ3n) is 8.64. The molecule has 3 aromatic rings. The van der Waals surface area contributed by atoms with Gasteiger partial charge in [0.25, 0.3) is 0 Å². The molecule has 11 nitrogen and oxygen atoms in total. The number of aryl methyl sites for hydroxylation is 1. The number of nitrogens with one attached hydrogen (secondary N) is 2. The van der Waals surface area contributed by atoms with Crippen molar-refractivity contribution >= 4 is 46.6 Å². The van der Waals surface area contributed by atoms with E-state index in [9.17, 15) is 19.5 Å². The van der Waals surface area contributed by atoms with Gasteiger partial charge in [0.05, 0.1) is 17.0 Å². The Bertz CT molecular complexity index is 1640. The number of halogens is 1. The van der Waals surface area contributed by atoms with E-state index in [0.717, 1.165) is 35.3 Å². The van der Waals surface area contributed by atoms with Crippen molar-refractivity contribution < 1.29 is 33.7 Å². The van der Waals surface area contributed by atoms with E-state index in [-0.39, 0.29) is 36.5 Å². The molecule has 13 heteroatoms. The Kier molecular flexibility index (Phi) is 11.4. The van der Waals surface area contributed by atoms with E-state index in [4.69, 9.17) is 25.8 Å². The molecule has 1 fully saturated rings. The van der Waals surface area contributed by atoms with Gasteiger partial charge in [0, 0.05) is 41.1 Å². The van der Waals surface area contributed by atoms with Crippen LogP contribution < -0.4 is 10.6 Å². The Morgan fingerprint density at radius 3 is 2.73 bits per heavy atom. The molecule has 0 saturated heterocycles. The molecule has 2 aromatic heterocycles. The number of amides is 1. The number of aliphatic hydroxyl groups excluding tert-OH is 1. The zero-order chi connectivity index (χ0) is 34.6. The van der Waals surface area contributed by atoms with E-state index >= 15 is 0 Å². The summed E-state index contributed by atoms with van der Waals surface area (Å²) in [6.45, 7) is 9.59. The summed E-state index contributed by atoms with van der Waals surface area (Å²) in [4.78, 5) is 50.0. The summed E-state index contributed by atoms with van der Waals surface area (Å²) in [5, 5.41) is 16.2. The first-order valence-electron chi connectivity index (χ1n) is 16.2. The molecule has 1 aromatic carbocycles. The Hall–Kier alpha value is -3.58. The van der Waals surface area contributed by atoms with E-state index in [1.165, 1.54) is 29.4 Å². The van der Waals surface area contributed by atoms with Gasteiger partial charge in [-0.15, -0.1) is 11.3 Å². The van der Waals surface area contributed by atoms with Gasteiger partial charge in [0.2, 0.25) is 5.78 Å². The minimum absolute atomic E-state index is 0.0791. The highest BCUT2D eigenvalue weighted by atomic mass is 35.5. The van der Waals surface area contributed by atoms with Crippen molar-refractivity contribution in [3.05, 3.63) is 73.8 Å². The van der Waals surface area contributed by atoms with Gasteiger partial charge in [-0.2, -0.15) is 0 Å². The van der Waals surface area contributed by atoms with Crippen molar-refractivity contribution in [2.24, 2.45) is 11.8 Å². The number of anilines is 1. The van der Waals surface area contributed by atoms with Gasteiger partial charge >= 0.3 is 12.1 Å². The zero-order valence-corrected chi connectivity index (χ0v) is 29.5. The van der Waals surface area contributed by atoms with Crippen molar-refractivity contribution in [3.8, 4) is 0 Å². The van der Waals surface area contributed by atoms with Gasteiger partial charge in [0.15, 0.2) is 0 Å². The van der Waals surface area contributed by atoms with Crippen molar-refractivity contribution in [1.29, 1.82) is 0 Å².